The Bertz CT molecular complexity index is 1030. The molecule has 0 aliphatic carbocycles. The van der Waals surface area contributed by atoms with Crippen molar-refractivity contribution in [3.8, 4) is 0 Å². The smallest absolute Gasteiger partial charge is 0.251 e. The molecule has 2 aromatic carbocycles. The van der Waals surface area contributed by atoms with Gasteiger partial charge in [-0.15, -0.1) is 0 Å². The summed E-state index contributed by atoms with van der Waals surface area (Å²) in [5.41, 5.74) is 3.53. The summed E-state index contributed by atoms with van der Waals surface area (Å²) in [6, 6.07) is 10.4. The predicted octanol–water partition coefficient (Wildman–Crippen LogP) is 5.01. The lowest BCUT2D eigenvalue weighted by molar-refractivity contribution is 0.0939. The average molecular weight is 449 g/mol. The first kappa shape index (κ1) is 22.8. The lowest BCUT2D eigenvalue weighted by atomic mass is 10.00. The van der Waals surface area contributed by atoms with Crippen molar-refractivity contribution in [1.29, 1.82) is 0 Å². The van der Waals surface area contributed by atoms with E-state index >= 15 is 0 Å². The Kier molecular flexibility index (Phi) is 7.22. The van der Waals surface area contributed by atoms with E-state index in [2.05, 4.69) is 11.4 Å². The molecule has 162 valence electrons. The number of rotatable bonds is 5. The Morgan fingerprint density at radius 2 is 1.70 bits per heavy atom. The maximum atomic E-state index is 13.2. The fourth-order valence-electron chi connectivity index (χ4n) is 3.85. The summed E-state index contributed by atoms with van der Waals surface area (Å²) in [5.74, 6) is -0.326. The van der Waals surface area contributed by atoms with Crippen molar-refractivity contribution < 1.29 is 13.2 Å². The Hall–Kier alpha value is -1.89. The third kappa shape index (κ3) is 5.05. The maximum absolute atomic E-state index is 13.2. The van der Waals surface area contributed by atoms with Crippen LogP contribution < -0.4 is 5.32 Å². The van der Waals surface area contributed by atoms with E-state index in [-0.39, 0.29) is 27.4 Å². The van der Waals surface area contributed by atoms with Crippen LogP contribution in [0, 0.1) is 13.8 Å². The van der Waals surface area contributed by atoms with Gasteiger partial charge in [-0.3, -0.25) is 4.79 Å². The van der Waals surface area contributed by atoms with E-state index < -0.39 is 10.0 Å². The fourth-order valence-corrected chi connectivity index (χ4v) is 5.87. The van der Waals surface area contributed by atoms with Crippen molar-refractivity contribution in [2.75, 3.05) is 13.1 Å². The number of carbonyl (C=O) groups excluding carboxylic acids is 1. The molecule has 1 saturated heterocycles. The van der Waals surface area contributed by atoms with Crippen LogP contribution in [0.4, 0.5) is 0 Å². The number of nitrogens with one attached hydrogen (secondary N) is 1. The second-order valence-corrected chi connectivity index (χ2v) is 10.3. The van der Waals surface area contributed by atoms with Gasteiger partial charge < -0.3 is 5.32 Å². The lowest BCUT2D eigenvalue weighted by Gasteiger charge is -2.21. The van der Waals surface area contributed by atoms with Crippen LogP contribution in [-0.2, 0) is 10.0 Å². The average Bonchev–Trinajstić information content (AvgIpc) is 3.00. The number of nitrogens with zero attached hydrogens (tertiary/aromatic N) is 1. The van der Waals surface area contributed by atoms with Gasteiger partial charge in [-0.2, -0.15) is 4.31 Å². The minimum Gasteiger partial charge on any atom is -0.346 e. The molecule has 0 bridgehead atoms. The molecule has 1 heterocycles. The van der Waals surface area contributed by atoms with Gasteiger partial charge in [0.1, 0.15) is 4.90 Å². The van der Waals surface area contributed by atoms with Crippen LogP contribution >= 0.6 is 11.6 Å². The molecule has 1 unspecified atom stereocenters. The third-order valence-electron chi connectivity index (χ3n) is 5.63. The lowest BCUT2D eigenvalue weighted by Crippen LogP contribution is -2.32. The van der Waals surface area contributed by atoms with Crippen LogP contribution in [0.15, 0.2) is 41.3 Å². The topological polar surface area (TPSA) is 66.5 Å². The summed E-state index contributed by atoms with van der Waals surface area (Å²) in [4.78, 5) is 12.9. The second-order valence-electron chi connectivity index (χ2n) is 8.02. The highest BCUT2D eigenvalue weighted by atomic mass is 35.5. The van der Waals surface area contributed by atoms with E-state index in [0.29, 0.717) is 13.1 Å². The van der Waals surface area contributed by atoms with Crippen LogP contribution in [0.1, 0.15) is 65.7 Å². The molecule has 0 saturated carbocycles. The van der Waals surface area contributed by atoms with Crippen molar-refractivity contribution >= 4 is 27.5 Å². The van der Waals surface area contributed by atoms with Crippen LogP contribution in [0.3, 0.4) is 0 Å². The first-order valence-corrected chi connectivity index (χ1v) is 12.2. The van der Waals surface area contributed by atoms with Crippen LogP contribution in [0.5, 0.6) is 0 Å². The monoisotopic (exact) mass is 448 g/mol. The zero-order chi connectivity index (χ0) is 21.9. The Labute approximate surface area is 184 Å². The van der Waals surface area contributed by atoms with E-state index in [0.717, 1.165) is 42.4 Å². The molecular formula is C23H29ClN2O3S. The molecule has 1 amide bonds. The zero-order valence-corrected chi connectivity index (χ0v) is 19.3. The molecule has 30 heavy (non-hydrogen) atoms. The molecular weight excluding hydrogens is 420 g/mol. The van der Waals surface area contributed by atoms with Gasteiger partial charge in [-0.1, -0.05) is 48.2 Å². The van der Waals surface area contributed by atoms with Gasteiger partial charge >= 0.3 is 0 Å². The quantitative estimate of drug-likeness (QED) is 0.698. The van der Waals surface area contributed by atoms with Crippen molar-refractivity contribution in [3.05, 3.63) is 63.7 Å². The van der Waals surface area contributed by atoms with Gasteiger partial charge in [0.25, 0.3) is 5.91 Å². The highest BCUT2D eigenvalue weighted by Crippen LogP contribution is 2.28. The molecule has 0 spiro atoms. The zero-order valence-electron chi connectivity index (χ0n) is 17.7. The van der Waals surface area contributed by atoms with Crippen LogP contribution in [0.25, 0.3) is 0 Å². The standard InChI is InChI=1S/C23H29ClN2O3S/c1-16-8-9-17(2)20(14-16)18(3)25-23(27)19-10-11-21(24)22(15-19)30(28,29)26-12-6-4-5-7-13-26/h8-11,14-15,18H,4-7,12-13H2,1-3H3,(H,25,27). The summed E-state index contributed by atoms with van der Waals surface area (Å²) in [6.45, 7) is 6.91. The maximum Gasteiger partial charge on any atom is 0.251 e. The molecule has 1 aliphatic heterocycles. The highest BCUT2D eigenvalue weighted by Gasteiger charge is 2.28. The number of aryl methyl sites for hydroxylation is 2. The second kappa shape index (κ2) is 9.50. The molecule has 0 radical (unpaired) electrons. The number of benzene rings is 2. The summed E-state index contributed by atoms with van der Waals surface area (Å²) in [7, 11) is -3.74. The summed E-state index contributed by atoms with van der Waals surface area (Å²) >= 11 is 6.25. The molecule has 2 aromatic rings. The largest absolute Gasteiger partial charge is 0.346 e. The van der Waals surface area contributed by atoms with Crippen molar-refractivity contribution in [2.24, 2.45) is 0 Å². The van der Waals surface area contributed by atoms with E-state index in [1.165, 1.54) is 16.4 Å². The Morgan fingerprint density at radius 1 is 1.03 bits per heavy atom. The Morgan fingerprint density at radius 3 is 2.37 bits per heavy atom. The van der Waals surface area contributed by atoms with E-state index in [4.69, 9.17) is 11.6 Å². The minimum absolute atomic E-state index is 0.00175. The van der Waals surface area contributed by atoms with Gasteiger partial charge in [-0.05, 0) is 62.9 Å². The number of halogens is 1. The first-order valence-electron chi connectivity index (χ1n) is 10.4. The SMILES string of the molecule is Cc1ccc(C)c(C(C)NC(=O)c2ccc(Cl)c(S(=O)(=O)N3CCCCCC3)c2)c1. The summed E-state index contributed by atoms with van der Waals surface area (Å²) in [5, 5.41) is 3.12. The first-order chi connectivity index (χ1) is 14.2. The molecule has 7 heteroatoms. The van der Waals surface area contributed by atoms with Gasteiger partial charge in [0, 0.05) is 18.7 Å². The molecule has 5 nitrogen and oxygen atoms in total. The number of sulfonamides is 1. The van der Waals surface area contributed by atoms with E-state index in [1.54, 1.807) is 6.07 Å². The number of hydrogen-bond acceptors (Lipinski definition) is 3. The summed E-state index contributed by atoms with van der Waals surface area (Å²) in [6.07, 6.45) is 3.73. The molecule has 1 fully saturated rings. The normalized spacial score (nSPS) is 16.7. The number of hydrogen-bond donors (Lipinski definition) is 1. The molecule has 1 atom stereocenters. The molecule has 1 aliphatic rings. The van der Waals surface area contributed by atoms with Gasteiger partial charge in [-0.25, -0.2) is 8.42 Å². The van der Waals surface area contributed by atoms with Gasteiger partial charge in [0.2, 0.25) is 10.0 Å². The predicted molar refractivity (Wildman–Crippen MR) is 120 cm³/mol. The van der Waals surface area contributed by atoms with E-state index in [9.17, 15) is 13.2 Å². The highest BCUT2D eigenvalue weighted by molar-refractivity contribution is 7.89. The molecule has 3 rings (SSSR count). The van der Waals surface area contributed by atoms with E-state index in [1.807, 2.05) is 32.9 Å². The number of amides is 1. The van der Waals surface area contributed by atoms with Crippen LogP contribution in [-0.4, -0.2) is 31.7 Å². The fraction of sp³-hybridized carbons (Fsp3) is 0.435. The Balaban J connectivity index is 1.85. The van der Waals surface area contributed by atoms with Crippen molar-refractivity contribution in [2.45, 2.75) is 57.4 Å². The molecule has 1 N–H and O–H groups in total. The third-order valence-corrected chi connectivity index (χ3v) is 8.01. The molecule has 0 aromatic heterocycles. The van der Waals surface area contributed by atoms with Gasteiger partial charge in [0.15, 0.2) is 0 Å². The van der Waals surface area contributed by atoms with Gasteiger partial charge in [0.05, 0.1) is 11.1 Å². The minimum atomic E-state index is -3.74. The van der Waals surface area contributed by atoms with Crippen molar-refractivity contribution in [1.82, 2.24) is 9.62 Å². The summed E-state index contributed by atoms with van der Waals surface area (Å²) < 4.78 is 27.8. The number of carbonyl (C=O) groups is 1. The van der Waals surface area contributed by atoms with Crippen molar-refractivity contribution in [3.63, 3.8) is 0 Å². The van der Waals surface area contributed by atoms with Crippen LogP contribution in [0.2, 0.25) is 5.02 Å².